The number of likely N-dealkylation sites (N-methyl/N-ethyl adjacent to an activating group) is 1. The van der Waals surface area contributed by atoms with Gasteiger partial charge in [0.15, 0.2) is 0 Å². The van der Waals surface area contributed by atoms with Crippen molar-refractivity contribution < 1.29 is 23.1 Å². The molecule has 1 N–H and O–H groups in total. The highest BCUT2D eigenvalue weighted by atomic mass is 32.2. The number of benzene rings is 2. The number of anilines is 1. The van der Waals surface area contributed by atoms with E-state index < -0.39 is 11.6 Å². The van der Waals surface area contributed by atoms with Crippen molar-refractivity contribution in [2.24, 2.45) is 0 Å². The lowest BCUT2D eigenvalue weighted by Gasteiger charge is -2.17. The summed E-state index contributed by atoms with van der Waals surface area (Å²) in [6, 6.07) is 9.95. The minimum absolute atomic E-state index is 0.0606. The Kier molecular flexibility index (Phi) is 6.97. The summed E-state index contributed by atoms with van der Waals surface area (Å²) in [4.78, 5) is 25.5. The molecule has 0 aliphatic rings. The molecular weight excluding hydrogens is 362 g/mol. The van der Waals surface area contributed by atoms with Crippen LogP contribution in [-0.2, 0) is 9.59 Å². The molecule has 0 fully saturated rings. The van der Waals surface area contributed by atoms with Crippen LogP contribution in [0, 0.1) is 11.6 Å². The molecule has 5 nitrogen and oxygen atoms in total. The molecule has 0 spiro atoms. The average Bonchev–Trinajstić information content (AvgIpc) is 2.61. The molecule has 0 aliphatic heterocycles. The average molecular weight is 380 g/mol. The number of nitrogens with one attached hydrogen (secondary N) is 1. The number of rotatable bonds is 7. The van der Waals surface area contributed by atoms with Gasteiger partial charge in [0.05, 0.1) is 19.4 Å². The number of hydrogen-bond donors (Lipinski definition) is 1. The molecule has 0 atom stereocenters. The summed E-state index contributed by atoms with van der Waals surface area (Å²) in [5, 5.41) is 2.67. The molecule has 2 aromatic rings. The van der Waals surface area contributed by atoms with Crippen molar-refractivity contribution in [1.29, 1.82) is 0 Å². The Labute approximate surface area is 154 Å². The van der Waals surface area contributed by atoms with Gasteiger partial charge in [-0.3, -0.25) is 9.59 Å². The van der Waals surface area contributed by atoms with Gasteiger partial charge in [-0.15, -0.1) is 11.8 Å². The third kappa shape index (κ3) is 5.73. The van der Waals surface area contributed by atoms with Gasteiger partial charge in [-0.1, -0.05) is 0 Å². The fraction of sp³-hybridized carbons (Fsp3) is 0.222. The molecule has 2 rings (SSSR count). The molecule has 0 bridgehead atoms. The van der Waals surface area contributed by atoms with Gasteiger partial charge < -0.3 is 15.0 Å². The Morgan fingerprint density at radius 2 is 1.85 bits per heavy atom. The Morgan fingerprint density at radius 3 is 2.46 bits per heavy atom. The lowest BCUT2D eigenvalue weighted by atomic mass is 10.3. The first kappa shape index (κ1) is 19.7. The van der Waals surface area contributed by atoms with Gasteiger partial charge in [0, 0.05) is 23.7 Å². The van der Waals surface area contributed by atoms with Crippen molar-refractivity contribution in [3.05, 3.63) is 54.1 Å². The minimum Gasteiger partial charge on any atom is -0.497 e. The van der Waals surface area contributed by atoms with Crippen molar-refractivity contribution in [2.75, 3.05) is 31.8 Å². The molecule has 138 valence electrons. The summed E-state index contributed by atoms with van der Waals surface area (Å²) >= 11 is 0.949. The number of carbonyl (C=O) groups excluding carboxylic acids is 2. The number of halogens is 2. The van der Waals surface area contributed by atoms with E-state index in [0.29, 0.717) is 11.4 Å². The van der Waals surface area contributed by atoms with E-state index in [4.69, 9.17) is 4.74 Å². The highest BCUT2D eigenvalue weighted by Gasteiger charge is 2.15. The van der Waals surface area contributed by atoms with Gasteiger partial charge in [-0.05, 0) is 36.4 Å². The molecule has 26 heavy (non-hydrogen) atoms. The lowest BCUT2D eigenvalue weighted by molar-refractivity contribution is -0.131. The second kappa shape index (κ2) is 9.19. The third-order valence-corrected chi connectivity index (χ3v) is 4.46. The Hall–Kier alpha value is -2.61. The maximum Gasteiger partial charge on any atom is 0.243 e. The van der Waals surface area contributed by atoms with Crippen molar-refractivity contribution in [1.82, 2.24) is 4.90 Å². The summed E-state index contributed by atoms with van der Waals surface area (Å²) in [5.41, 5.74) is 0.583. The van der Waals surface area contributed by atoms with Gasteiger partial charge in [0.2, 0.25) is 11.8 Å². The number of ether oxygens (including phenoxy) is 1. The van der Waals surface area contributed by atoms with E-state index >= 15 is 0 Å². The largest absolute Gasteiger partial charge is 0.497 e. The van der Waals surface area contributed by atoms with E-state index in [0.717, 1.165) is 23.9 Å². The van der Waals surface area contributed by atoms with Crippen molar-refractivity contribution in [3.8, 4) is 5.75 Å². The van der Waals surface area contributed by atoms with E-state index in [1.807, 2.05) is 0 Å². The molecule has 0 aliphatic carbocycles. The number of thioether (sulfide) groups is 1. The van der Waals surface area contributed by atoms with Crippen molar-refractivity contribution in [3.63, 3.8) is 0 Å². The zero-order chi connectivity index (χ0) is 19.1. The molecular formula is C18H18F2N2O3S. The van der Waals surface area contributed by atoms with Crippen LogP contribution in [0.2, 0.25) is 0 Å². The van der Waals surface area contributed by atoms with Crippen LogP contribution >= 0.6 is 11.8 Å². The predicted molar refractivity (Wildman–Crippen MR) is 96.3 cm³/mol. The topological polar surface area (TPSA) is 58.6 Å². The molecule has 8 heteroatoms. The Bertz CT molecular complexity index is 785. The minimum atomic E-state index is -0.720. The maximum atomic E-state index is 13.5. The highest BCUT2D eigenvalue weighted by Crippen LogP contribution is 2.22. The van der Waals surface area contributed by atoms with Crippen LogP contribution in [-0.4, -0.2) is 43.2 Å². The Morgan fingerprint density at radius 1 is 1.15 bits per heavy atom. The molecule has 0 saturated carbocycles. The standard InChI is InChI=1S/C18H18F2N2O3S/c1-22(10-17(23)21-13-4-6-14(25-2)7-5-13)18(24)11-26-16-8-3-12(19)9-15(16)20/h3-9H,10-11H2,1-2H3,(H,21,23). The van der Waals surface area contributed by atoms with Crippen LogP contribution in [0.5, 0.6) is 5.75 Å². The zero-order valence-corrected chi connectivity index (χ0v) is 15.1. The number of amides is 2. The second-order valence-corrected chi connectivity index (χ2v) is 6.41. The van der Waals surface area contributed by atoms with E-state index in [1.165, 1.54) is 18.0 Å². The second-order valence-electron chi connectivity index (χ2n) is 5.39. The van der Waals surface area contributed by atoms with E-state index in [-0.39, 0.29) is 29.0 Å². The van der Waals surface area contributed by atoms with Crippen LogP contribution in [0.15, 0.2) is 47.4 Å². The predicted octanol–water partition coefficient (Wildman–Crippen LogP) is 3.16. The number of hydrogen-bond acceptors (Lipinski definition) is 4. The van der Waals surface area contributed by atoms with Crippen LogP contribution in [0.1, 0.15) is 0 Å². The smallest absolute Gasteiger partial charge is 0.243 e. The first-order valence-electron chi connectivity index (χ1n) is 7.64. The molecule has 0 heterocycles. The van der Waals surface area contributed by atoms with Crippen LogP contribution in [0.4, 0.5) is 14.5 Å². The first-order chi connectivity index (χ1) is 12.4. The monoisotopic (exact) mass is 380 g/mol. The van der Waals surface area contributed by atoms with Crippen molar-refractivity contribution >= 4 is 29.3 Å². The number of methoxy groups -OCH3 is 1. The highest BCUT2D eigenvalue weighted by molar-refractivity contribution is 8.00. The van der Waals surface area contributed by atoms with E-state index in [9.17, 15) is 18.4 Å². The first-order valence-corrected chi connectivity index (χ1v) is 8.63. The van der Waals surface area contributed by atoms with Gasteiger partial charge in [0.25, 0.3) is 0 Å². The fourth-order valence-corrected chi connectivity index (χ4v) is 2.88. The van der Waals surface area contributed by atoms with Gasteiger partial charge >= 0.3 is 0 Å². The van der Waals surface area contributed by atoms with Crippen LogP contribution in [0.3, 0.4) is 0 Å². The molecule has 0 aromatic heterocycles. The summed E-state index contributed by atoms with van der Waals surface area (Å²) in [6.07, 6.45) is 0. The molecule has 2 amide bonds. The zero-order valence-electron chi connectivity index (χ0n) is 14.3. The number of nitrogens with zero attached hydrogens (tertiary/aromatic N) is 1. The third-order valence-electron chi connectivity index (χ3n) is 3.43. The van der Waals surface area contributed by atoms with Crippen LogP contribution in [0.25, 0.3) is 0 Å². The fourth-order valence-electron chi connectivity index (χ4n) is 2.02. The lowest BCUT2D eigenvalue weighted by Crippen LogP contribution is -2.35. The summed E-state index contributed by atoms with van der Waals surface area (Å²) in [5.74, 6) is -1.49. The quantitative estimate of drug-likeness (QED) is 0.750. The molecule has 2 aromatic carbocycles. The summed E-state index contributed by atoms with van der Waals surface area (Å²) < 4.78 is 31.4. The molecule has 0 unspecified atom stereocenters. The molecule has 0 saturated heterocycles. The van der Waals surface area contributed by atoms with Gasteiger partial charge in [-0.25, -0.2) is 8.78 Å². The van der Waals surface area contributed by atoms with E-state index in [2.05, 4.69) is 5.32 Å². The maximum absolute atomic E-state index is 13.5. The Balaban J connectivity index is 1.82. The van der Waals surface area contributed by atoms with Gasteiger partial charge in [0.1, 0.15) is 17.4 Å². The van der Waals surface area contributed by atoms with Crippen molar-refractivity contribution in [2.45, 2.75) is 4.90 Å². The van der Waals surface area contributed by atoms with Gasteiger partial charge in [-0.2, -0.15) is 0 Å². The van der Waals surface area contributed by atoms with Crippen LogP contribution < -0.4 is 10.1 Å². The summed E-state index contributed by atoms with van der Waals surface area (Å²) in [6.45, 7) is -0.142. The SMILES string of the molecule is COc1ccc(NC(=O)CN(C)C(=O)CSc2ccc(F)cc2F)cc1. The summed E-state index contributed by atoms with van der Waals surface area (Å²) in [7, 11) is 3.03. The van der Waals surface area contributed by atoms with E-state index in [1.54, 1.807) is 31.4 Å². The number of carbonyl (C=O) groups is 2. The normalized spacial score (nSPS) is 10.3. The molecule has 0 radical (unpaired) electrons.